The SMILES string of the molecule is CCc1nn(CC(=O)O)c(CC)c1S(N)(=O)=O. The van der Waals surface area contributed by atoms with Crippen LogP contribution in [0, 0.1) is 0 Å². The highest BCUT2D eigenvalue weighted by Gasteiger charge is 2.24. The number of nitrogens with zero attached hydrogens (tertiary/aromatic N) is 2. The van der Waals surface area contributed by atoms with Gasteiger partial charge in [-0.15, -0.1) is 0 Å². The van der Waals surface area contributed by atoms with E-state index in [1.165, 1.54) is 4.68 Å². The molecule has 0 bridgehead atoms. The van der Waals surface area contributed by atoms with Crippen LogP contribution in [-0.4, -0.2) is 29.3 Å². The van der Waals surface area contributed by atoms with Crippen LogP contribution in [0.25, 0.3) is 0 Å². The third kappa shape index (κ3) is 2.83. The number of carboxylic acids is 1. The normalized spacial score (nSPS) is 11.7. The van der Waals surface area contributed by atoms with Crippen LogP contribution in [0.5, 0.6) is 0 Å². The van der Waals surface area contributed by atoms with Crippen LogP contribution in [-0.2, 0) is 34.2 Å². The second-order valence-electron chi connectivity index (χ2n) is 3.53. The lowest BCUT2D eigenvalue weighted by Gasteiger charge is -2.03. The summed E-state index contributed by atoms with van der Waals surface area (Å²) in [6.45, 7) is 3.09. The van der Waals surface area contributed by atoms with E-state index in [1.54, 1.807) is 13.8 Å². The van der Waals surface area contributed by atoms with Crippen molar-refractivity contribution in [3.63, 3.8) is 0 Å². The Morgan fingerprint density at radius 2 is 2.00 bits per heavy atom. The molecule has 17 heavy (non-hydrogen) atoms. The summed E-state index contributed by atoms with van der Waals surface area (Å²) < 4.78 is 24.1. The molecule has 8 heteroatoms. The maximum absolute atomic E-state index is 11.5. The molecule has 0 aliphatic carbocycles. The number of hydrogen-bond acceptors (Lipinski definition) is 4. The minimum absolute atomic E-state index is 0.0382. The molecule has 3 N–H and O–H groups in total. The predicted octanol–water partition coefficient (Wildman–Crippen LogP) is -0.260. The Morgan fingerprint density at radius 1 is 1.41 bits per heavy atom. The number of carbonyl (C=O) groups is 1. The maximum Gasteiger partial charge on any atom is 0.325 e. The highest BCUT2D eigenvalue weighted by molar-refractivity contribution is 7.89. The molecule has 0 unspecified atom stereocenters. The molecule has 0 saturated heterocycles. The van der Waals surface area contributed by atoms with Crippen LogP contribution >= 0.6 is 0 Å². The molecule has 0 aliphatic heterocycles. The topological polar surface area (TPSA) is 115 Å². The van der Waals surface area contributed by atoms with E-state index >= 15 is 0 Å². The van der Waals surface area contributed by atoms with Crippen molar-refractivity contribution in [2.75, 3.05) is 0 Å². The van der Waals surface area contributed by atoms with E-state index < -0.39 is 16.0 Å². The zero-order chi connectivity index (χ0) is 13.2. The lowest BCUT2D eigenvalue weighted by atomic mass is 10.2. The van der Waals surface area contributed by atoms with E-state index in [4.69, 9.17) is 10.2 Å². The Hall–Kier alpha value is -1.41. The lowest BCUT2D eigenvalue weighted by molar-refractivity contribution is -0.137. The minimum atomic E-state index is -3.88. The number of primary sulfonamides is 1. The number of rotatable bonds is 5. The third-order valence-corrected chi connectivity index (χ3v) is 3.36. The quantitative estimate of drug-likeness (QED) is 0.757. The molecule has 7 nitrogen and oxygen atoms in total. The molecule has 1 rings (SSSR count). The van der Waals surface area contributed by atoms with Gasteiger partial charge in [0.2, 0.25) is 10.0 Å². The summed E-state index contributed by atoms with van der Waals surface area (Å²) in [6, 6.07) is 0. The number of hydrogen-bond donors (Lipinski definition) is 2. The zero-order valence-electron chi connectivity index (χ0n) is 9.67. The number of nitrogens with two attached hydrogens (primary N) is 1. The molecule has 0 aliphatic rings. The molecule has 0 atom stereocenters. The first-order chi connectivity index (χ1) is 7.81. The van der Waals surface area contributed by atoms with Crippen LogP contribution in [0.4, 0.5) is 0 Å². The van der Waals surface area contributed by atoms with Gasteiger partial charge in [0.05, 0.1) is 11.4 Å². The summed E-state index contributed by atoms with van der Waals surface area (Å²) in [5.74, 6) is -1.08. The maximum atomic E-state index is 11.5. The molecule has 0 saturated carbocycles. The van der Waals surface area contributed by atoms with Gasteiger partial charge in [0.25, 0.3) is 0 Å². The van der Waals surface area contributed by atoms with E-state index in [-0.39, 0.29) is 11.4 Å². The fourth-order valence-electron chi connectivity index (χ4n) is 1.70. The second-order valence-corrected chi connectivity index (χ2v) is 5.02. The molecule has 0 amide bonds. The molecule has 0 aromatic carbocycles. The van der Waals surface area contributed by atoms with Crippen molar-refractivity contribution in [1.29, 1.82) is 0 Å². The molecule has 1 aromatic rings. The monoisotopic (exact) mass is 261 g/mol. The second kappa shape index (κ2) is 4.84. The Labute approximate surface area is 99.3 Å². The van der Waals surface area contributed by atoms with Crippen LogP contribution in [0.3, 0.4) is 0 Å². The molecular formula is C9H15N3O4S. The van der Waals surface area contributed by atoms with Gasteiger partial charge >= 0.3 is 5.97 Å². The zero-order valence-corrected chi connectivity index (χ0v) is 10.5. The van der Waals surface area contributed by atoms with Crippen LogP contribution in [0.2, 0.25) is 0 Å². The average Bonchev–Trinajstić information content (AvgIpc) is 2.54. The standard InChI is InChI=1S/C9H15N3O4S/c1-3-6-9(17(10,15)16)7(4-2)12(11-6)5-8(13)14/h3-5H2,1-2H3,(H,13,14)(H2,10,15,16). The van der Waals surface area contributed by atoms with Gasteiger partial charge < -0.3 is 5.11 Å². The van der Waals surface area contributed by atoms with Crippen molar-refractivity contribution in [2.45, 2.75) is 38.1 Å². The van der Waals surface area contributed by atoms with Gasteiger partial charge in [-0.25, -0.2) is 13.6 Å². The summed E-state index contributed by atoms with van der Waals surface area (Å²) in [5.41, 5.74) is 0.650. The molecule has 1 aromatic heterocycles. The first kappa shape index (κ1) is 13.7. The first-order valence-corrected chi connectivity index (χ1v) is 6.69. The first-order valence-electron chi connectivity index (χ1n) is 5.14. The van der Waals surface area contributed by atoms with Crippen LogP contribution in [0.1, 0.15) is 25.2 Å². The van der Waals surface area contributed by atoms with E-state index in [1.807, 2.05) is 0 Å². The van der Waals surface area contributed by atoms with E-state index in [0.717, 1.165) is 0 Å². The van der Waals surface area contributed by atoms with Gasteiger partial charge in [0, 0.05) is 0 Å². The highest BCUT2D eigenvalue weighted by Crippen LogP contribution is 2.20. The van der Waals surface area contributed by atoms with Gasteiger partial charge in [-0.2, -0.15) is 5.10 Å². The number of aromatic nitrogens is 2. The highest BCUT2D eigenvalue weighted by atomic mass is 32.2. The smallest absolute Gasteiger partial charge is 0.325 e. The van der Waals surface area contributed by atoms with Gasteiger partial charge in [-0.3, -0.25) is 9.48 Å². The number of aryl methyl sites for hydroxylation is 1. The number of carboxylic acid groups (broad SMARTS) is 1. The lowest BCUT2D eigenvalue weighted by Crippen LogP contribution is -2.17. The van der Waals surface area contributed by atoms with E-state index in [0.29, 0.717) is 24.2 Å². The summed E-state index contributed by atoms with van der Waals surface area (Å²) in [5, 5.41) is 17.8. The Kier molecular flexibility index (Phi) is 3.89. The van der Waals surface area contributed by atoms with Crippen molar-refractivity contribution >= 4 is 16.0 Å². The van der Waals surface area contributed by atoms with Gasteiger partial charge in [0.15, 0.2) is 0 Å². The summed E-state index contributed by atoms with van der Waals surface area (Å²) in [4.78, 5) is 10.6. The molecule has 1 heterocycles. The van der Waals surface area contributed by atoms with Crippen molar-refractivity contribution in [2.24, 2.45) is 5.14 Å². The largest absolute Gasteiger partial charge is 0.480 e. The molecule has 0 radical (unpaired) electrons. The van der Waals surface area contributed by atoms with Crippen molar-refractivity contribution in [3.8, 4) is 0 Å². The minimum Gasteiger partial charge on any atom is -0.480 e. The summed E-state index contributed by atoms with van der Waals surface area (Å²) >= 11 is 0. The van der Waals surface area contributed by atoms with Crippen LogP contribution in [0.15, 0.2) is 4.90 Å². The van der Waals surface area contributed by atoms with Gasteiger partial charge in [-0.05, 0) is 12.8 Å². The van der Waals surface area contributed by atoms with Gasteiger partial charge in [-0.1, -0.05) is 13.8 Å². The van der Waals surface area contributed by atoms with E-state index in [2.05, 4.69) is 5.10 Å². The molecular weight excluding hydrogens is 246 g/mol. The predicted molar refractivity (Wildman–Crippen MR) is 60.0 cm³/mol. The van der Waals surface area contributed by atoms with Gasteiger partial charge in [0.1, 0.15) is 11.4 Å². The summed E-state index contributed by atoms with van der Waals surface area (Å²) in [7, 11) is -3.88. The van der Waals surface area contributed by atoms with Crippen molar-refractivity contribution in [1.82, 2.24) is 9.78 Å². The summed E-state index contributed by atoms with van der Waals surface area (Å²) in [6.07, 6.45) is 0.734. The number of aliphatic carboxylic acids is 1. The Morgan fingerprint density at radius 3 is 2.35 bits per heavy atom. The Bertz CT molecular complexity index is 533. The number of sulfonamides is 1. The van der Waals surface area contributed by atoms with Crippen molar-refractivity contribution in [3.05, 3.63) is 11.4 Å². The fourth-order valence-corrected chi connectivity index (χ4v) is 2.79. The third-order valence-electron chi connectivity index (χ3n) is 2.32. The van der Waals surface area contributed by atoms with Crippen LogP contribution < -0.4 is 5.14 Å². The Balaban J connectivity index is 3.46. The molecule has 0 spiro atoms. The fraction of sp³-hybridized carbons (Fsp3) is 0.556. The molecule has 0 fully saturated rings. The molecule has 96 valence electrons. The van der Waals surface area contributed by atoms with Crippen molar-refractivity contribution < 1.29 is 18.3 Å². The van der Waals surface area contributed by atoms with E-state index in [9.17, 15) is 13.2 Å². The average molecular weight is 261 g/mol.